The quantitative estimate of drug-likeness (QED) is 0.784. The van der Waals surface area contributed by atoms with Gasteiger partial charge in [-0.2, -0.15) is 10.2 Å². The van der Waals surface area contributed by atoms with Crippen LogP contribution in [0.5, 0.6) is 0 Å². The van der Waals surface area contributed by atoms with Crippen molar-refractivity contribution in [3.05, 3.63) is 35.7 Å². The zero-order chi connectivity index (χ0) is 16.8. The van der Waals surface area contributed by atoms with Gasteiger partial charge in [0.25, 0.3) is 0 Å². The fraction of sp³-hybridized carbons (Fsp3) is 0.375. The molecule has 1 aliphatic rings. The van der Waals surface area contributed by atoms with Crippen molar-refractivity contribution in [1.82, 2.24) is 20.4 Å². The minimum absolute atomic E-state index is 0.316. The number of aromatic nitrogens is 4. The van der Waals surface area contributed by atoms with Crippen molar-refractivity contribution < 1.29 is 9.59 Å². The number of rotatable bonds is 6. The summed E-state index contributed by atoms with van der Waals surface area (Å²) in [7, 11) is 0. The van der Waals surface area contributed by atoms with Crippen molar-refractivity contribution in [2.75, 3.05) is 10.6 Å². The summed E-state index contributed by atoms with van der Waals surface area (Å²) in [5, 5.41) is 21.5. The average Bonchev–Trinajstić information content (AvgIpc) is 2.64. The molecular weight excluding hydrogens is 308 g/mol. The van der Waals surface area contributed by atoms with Gasteiger partial charge in [0.1, 0.15) is 0 Å². The van der Waals surface area contributed by atoms with E-state index in [0.29, 0.717) is 36.3 Å². The molecule has 1 fully saturated rings. The molecule has 1 aliphatic carbocycles. The van der Waals surface area contributed by atoms with Gasteiger partial charge >= 0.3 is 0 Å². The monoisotopic (exact) mass is 326 g/mol. The highest BCUT2D eigenvalue weighted by Crippen LogP contribution is 2.39. The largest absolute Gasteiger partial charge is 0.312 e. The van der Waals surface area contributed by atoms with E-state index >= 15 is 0 Å². The van der Waals surface area contributed by atoms with E-state index < -0.39 is 0 Å². The lowest BCUT2D eigenvalue weighted by Crippen LogP contribution is -2.16. The van der Waals surface area contributed by atoms with Crippen molar-refractivity contribution in [3.63, 3.8) is 0 Å². The second kappa shape index (κ2) is 7.58. The number of carbonyl (C=O) groups is 2. The molecule has 0 spiro atoms. The molecule has 8 nitrogen and oxygen atoms in total. The Morgan fingerprint density at radius 1 is 0.792 bits per heavy atom. The first-order valence-corrected chi connectivity index (χ1v) is 7.87. The third kappa shape index (κ3) is 3.70. The van der Waals surface area contributed by atoms with Crippen LogP contribution in [0.15, 0.2) is 24.3 Å². The SMILES string of the molecule is O=CNc1ccc(C2CCC[C@@H](c3ccc(NC=O)nn3)C2)nn1. The molecule has 0 aromatic carbocycles. The van der Waals surface area contributed by atoms with Gasteiger partial charge in [0, 0.05) is 11.8 Å². The van der Waals surface area contributed by atoms with Crippen LogP contribution in [0.2, 0.25) is 0 Å². The molecule has 2 N–H and O–H groups in total. The van der Waals surface area contributed by atoms with Crippen LogP contribution in [-0.2, 0) is 9.59 Å². The summed E-state index contributed by atoms with van der Waals surface area (Å²) < 4.78 is 0. The van der Waals surface area contributed by atoms with E-state index in [9.17, 15) is 9.59 Å². The third-order valence-corrected chi connectivity index (χ3v) is 4.29. The molecule has 0 aliphatic heterocycles. The van der Waals surface area contributed by atoms with E-state index in [1.54, 1.807) is 12.1 Å². The van der Waals surface area contributed by atoms with E-state index in [-0.39, 0.29) is 0 Å². The minimum atomic E-state index is 0.316. The Kier molecular flexibility index (Phi) is 5.05. The van der Waals surface area contributed by atoms with Crippen LogP contribution in [-0.4, -0.2) is 33.2 Å². The Labute approximate surface area is 139 Å². The maximum Gasteiger partial charge on any atom is 0.212 e. The van der Waals surface area contributed by atoms with Gasteiger partial charge in [0.05, 0.1) is 11.4 Å². The Morgan fingerprint density at radius 2 is 1.29 bits per heavy atom. The molecule has 2 amide bonds. The van der Waals surface area contributed by atoms with E-state index in [1.807, 2.05) is 12.1 Å². The standard InChI is InChI=1S/C16H18N6O2/c23-9-17-15-6-4-13(19-21-15)11-2-1-3-12(8-11)14-5-7-16(18-10-24)22-20-14/h4-7,9-12H,1-3,8H2,(H,17,21,23)(H,18,22,24)/t11-,12?/m1/s1. The molecule has 8 heteroatoms. The summed E-state index contributed by atoms with van der Waals surface area (Å²) in [6.07, 6.45) is 5.31. The summed E-state index contributed by atoms with van der Waals surface area (Å²) in [6.45, 7) is 0. The van der Waals surface area contributed by atoms with Crippen molar-refractivity contribution in [2.24, 2.45) is 0 Å². The maximum absolute atomic E-state index is 10.4. The number of hydrogen-bond donors (Lipinski definition) is 2. The molecule has 0 saturated heterocycles. The second-order valence-electron chi connectivity index (χ2n) is 5.77. The lowest BCUT2D eigenvalue weighted by Gasteiger charge is -2.28. The number of anilines is 2. The Morgan fingerprint density at radius 3 is 1.67 bits per heavy atom. The molecule has 1 unspecified atom stereocenters. The highest BCUT2D eigenvalue weighted by Gasteiger charge is 2.26. The summed E-state index contributed by atoms with van der Waals surface area (Å²) in [5.74, 6) is 1.53. The molecule has 2 aromatic heterocycles. The van der Waals surface area contributed by atoms with Gasteiger partial charge in [-0.05, 0) is 43.5 Å². The Hall–Kier alpha value is -2.90. The second-order valence-corrected chi connectivity index (χ2v) is 5.77. The van der Waals surface area contributed by atoms with Crippen LogP contribution in [0, 0.1) is 0 Å². The zero-order valence-electron chi connectivity index (χ0n) is 13.1. The summed E-state index contributed by atoms with van der Waals surface area (Å²) in [4.78, 5) is 20.8. The van der Waals surface area contributed by atoms with Crippen molar-refractivity contribution in [3.8, 4) is 0 Å². The summed E-state index contributed by atoms with van der Waals surface area (Å²) in [5.41, 5.74) is 1.87. The van der Waals surface area contributed by atoms with Crippen molar-refractivity contribution in [2.45, 2.75) is 37.5 Å². The number of nitrogens with zero attached hydrogens (tertiary/aromatic N) is 4. The average molecular weight is 326 g/mol. The molecule has 0 bridgehead atoms. The first-order chi connectivity index (χ1) is 11.8. The van der Waals surface area contributed by atoms with Gasteiger partial charge in [-0.25, -0.2) is 0 Å². The molecule has 2 atom stereocenters. The minimum Gasteiger partial charge on any atom is -0.312 e. The van der Waals surface area contributed by atoms with Gasteiger partial charge in [-0.1, -0.05) is 6.42 Å². The Bertz CT molecular complexity index is 629. The first-order valence-electron chi connectivity index (χ1n) is 7.87. The summed E-state index contributed by atoms with van der Waals surface area (Å²) >= 11 is 0. The number of nitrogens with one attached hydrogen (secondary N) is 2. The number of amides is 2. The predicted molar refractivity (Wildman–Crippen MR) is 87.4 cm³/mol. The van der Waals surface area contributed by atoms with E-state index in [0.717, 1.165) is 37.1 Å². The summed E-state index contributed by atoms with van der Waals surface area (Å²) in [6, 6.07) is 7.35. The smallest absolute Gasteiger partial charge is 0.212 e. The van der Waals surface area contributed by atoms with Gasteiger partial charge in [0.15, 0.2) is 11.6 Å². The van der Waals surface area contributed by atoms with Crippen LogP contribution in [0.3, 0.4) is 0 Å². The lowest BCUT2D eigenvalue weighted by molar-refractivity contribution is -0.106. The maximum atomic E-state index is 10.4. The van der Waals surface area contributed by atoms with E-state index in [2.05, 4.69) is 31.0 Å². The van der Waals surface area contributed by atoms with E-state index in [4.69, 9.17) is 0 Å². The van der Waals surface area contributed by atoms with Gasteiger partial charge in [0.2, 0.25) is 12.8 Å². The first kappa shape index (κ1) is 16.0. The predicted octanol–water partition coefficient (Wildman–Crippen LogP) is 1.84. The van der Waals surface area contributed by atoms with Crippen molar-refractivity contribution in [1.29, 1.82) is 0 Å². The van der Waals surface area contributed by atoms with E-state index in [1.165, 1.54) is 0 Å². The molecule has 3 rings (SSSR count). The van der Waals surface area contributed by atoms with Crippen LogP contribution in [0.4, 0.5) is 11.6 Å². The molecule has 2 heterocycles. The Balaban J connectivity index is 1.69. The van der Waals surface area contributed by atoms with Gasteiger partial charge in [-0.15, -0.1) is 10.2 Å². The highest BCUT2D eigenvalue weighted by atomic mass is 16.1. The fourth-order valence-electron chi connectivity index (χ4n) is 3.12. The molecule has 24 heavy (non-hydrogen) atoms. The third-order valence-electron chi connectivity index (χ3n) is 4.29. The molecule has 0 radical (unpaired) electrons. The number of carbonyl (C=O) groups excluding carboxylic acids is 2. The van der Waals surface area contributed by atoms with Gasteiger partial charge in [-0.3, -0.25) is 9.59 Å². The number of hydrogen-bond acceptors (Lipinski definition) is 6. The zero-order valence-corrected chi connectivity index (χ0v) is 13.1. The van der Waals surface area contributed by atoms with Crippen molar-refractivity contribution >= 4 is 24.5 Å². The highest BCUT2D eigenvalue weighted by molar-refractivity contribution is 5.68. The van der Waals surface area contributed by atoms with Crippen LogP contribution in [0.1, 0.15) is 48.9 Å². The molecule has 2 aromatic rings. The lowest BCUT2D eigenvalue weighted by atomic mass is 9.78. The van der Waals surface area contributed by atoms with Gasteiger partial charge < -0.3 is 10.6 Å². The normalized spacial score (nSPS) is 20.2. The molecular formula is C16H18N6O2. The van der Waals surface area contributed by atoms with Crippen LogP contribution >= 0.6 is 0 Å². The van der Waals surface area contributed by atoms with Crippen LogP contribution in [0.25, 0.3) is 0 Å². The molecule has 124 valence electrons. The topological polar surface area (TPSA) is 110 Å². The molecule has 1 saturated carbocycles. The fourth-order valence-corrected chi connectivity index (χ4v) is 3.12. The van der Waals surface area contributed by atoms with Crippen LogP contribution < -0.4 is 10.6 Å².